The Labute approximate surface area is 54.3 Å². The fraction of sp³-hybridized carbons (Fsp3) is 0.600. The van der Waals surface area contributed by atoms with Crippen molar-refractivity contribution in [1.82, 2.24) is 5.01 Å². The second-order valence-corrected chi connectivity index (χ2v) is 1.66. The summed E-state index contributed by atoms with van der Waals surface area (Å²) in [6.07, 6.45) is 1.60. The summed E-state index contributed by atoms with van der Waals surface area (Å²) in [5.41, 5.74) is 4.87. The van der Waals surface area contributed by atoms with Crippen molar-refractivity contribution in [2.75, 3.05) is 13.6 Å². The summed E-state index contributed by atoms with van der Waals surface area (Å²) < 4.78 is 0. The molecule has 0 unspecified atom stereocenters. The number of primary amides is 1. The average molecular weight is 129 g/mol. The normalized spacial score (nSPS) is 10.0. The number of nitrogens with zero attached hydrogens (tertiary/aromatic N) is 2. The molecule has 0 saturated heterocycles. The van der Waals surface area contributed by atoms with Crippen molar-refractivity contribution in [1.29, 1.82) is 0 Å². The molecule has 52 valence electrons. The van der Waals surface area contributed by atoms with E-state index >= 15 is 0 Å². The van der Waals surface area contributed by atoms with Crippen molar-refractivity contribution >= 4 is 12.1 Å². The van der Waals surface area contributed by atoms with Crippen LogP contribution in [0.2, 0.25) is 0 Å². The predicted molar refractivity (Wildman–Crippen MR) is 36.0 cm³/mol. The summed E-state index contributed by atoms with van der Waals surface area (Å²) in [6, 6.07) is 0. The standard InChI is InChI=1S/C5H11N3O/c1-3-7-8(2)4-5(6)9/h3H,4H2,1-2H3,(H2,6,9)/b7-3-. The quantitative estimate of drug-likeness (QED) is 0.409. The highest BCUT2D eigenvalue weighted by Crippen LogP contribution is 1.78. The molecule has 0 saturated carbocycles. The van der Waals surface area contributed by atoms with Gasteiger partial charge in [0.25, 0.3) is 0 Å². The molecule has 0 aromatic heterocycles. The zero-order valence-electron chi connectivity index (χ0n) is 5.66. The first-order chi connectivity index (χ1) is 4.16. The van der Waals surface area contributed by atoms with Crippen LogP contribution >= 0.6 is 0 Å². The number of hydrogen-bond acceptors (Lipinski definition) is 3. The van der Waals surface area contributed by atoms with Crippen molar-refractivity contribution in [2.45, 2.75) is 6.92 Å². The van der Waals surface area contributed by atoms with E-state index in [0.29, 0.717) is 0 Å². The van der Waals surface area contributed by atoms with Gasteiger partial charge in [-0.1, -0.05) is 0 Å². The Hall–Kier alpha value is -1.06. The number of carbonyl (C=O) groups excluding carboxylic acids is 1. The van der Waals surface area contributed by atoms with E-state index in [0.717, 1.165) is 0 Å². The van der Waals surface area contributed by atoms with E-state index < -0.39 is 0 Å². The highest BCUT2D eigenvalue weighted by Gasteiger charge is 1.95. The van der Waals surface area contributed by atoms with Crippen molar-refractivity contribution in [2.24, 2.45) is 10.8 Å². The van der Waals surface area contributed by atoms with E-state index in [1.807, 2.05) is 0 Å². The van der Waals surface area contributed by atoms with Gasteiger partial charge < -0.3 is 5.73 Å². The minimum absolute atomic E-state index is 0.171. The molecule has 0 rings (SSSR count). The second-order valence-electron chi connectivity index (χ2n) is 1.66. The average Bonchev–Trinajstić information content (AvgIpc) is 1.63. The van der Waals surface area contributed by atoms with Gasteiger partial charge in [-0.25, -0.2) is 0 Å². The van der Waals surface area contributed by atoms with Crippen LogP contribution in [0.15, 0.2) is 5.10 Å². The summed E-state index contributed by atoms with van der Waals surface area (Å²) in [5, 5.41) is 5.25. The lowest BCUT2D eigenvalue weighted by molar-refractivity contribution is -0.118. The van der Waals surface area contributed by atoms with Crippen LogP contribution in [0.5, 0.6) is 0 Å². The number of hydrogen-bond donors (Lipinski definition) is 1. The molecule has 0 aliphatic carbocycles. The number of hydrazone groups is 1. The van der Waals surface area contributed by atoms with E-state index in [2.05, 4.69) is 5.10 Å². The fourth-order valence-corrected chi connectivity index (χ4v) is 0.463. The maximum Gasteiger partial charge on any atom is 0.238 e. The highest BCUT2D eigenvalue weighted by molar-refractivity contribution is 5.75. The zero-order valence-corrected chi connectivity index (χ0v) is 5.66. The lowest BCUT2D eigenvalue weighted by atomic mass is 10.6. The molecule has 0 radical (unpaired) electrons. The van der Waals surface area contributed by atoms with E-state index in [1.54, 1.807) is 20.2 Å². The zero-order chi connectivity index (χ0) is 7.28. The van der Waals surface area contributed by atoms with Gasteiger partial charge in [-0.2, -0.15) is 5.10 Å². The van der Waals surface area contributed by atoms with E-state index in [1.165, 1.54) is 5.01 Å². The summed E-state index contributed by atoms with van der Waals surface area (Å²) >= 11 is 0. The molecule has 0 bridgehead atoms. The smallest absolute Gasteiger partial charge is 0.238 e. The van der Waals surface area contributed by atoms with Crippen LogP contribution in [-0.2, 0) is 4.79 Å². The minimum Gasteiger partial charge on any atom is -0.368 e. The SMILES string of the molecule is C/C=N\N(C)CC(N)=O. The molecule has 0 aliphatic rings. The third-order valence-electron chi connectivity index (χ3n) is 0.697. The predicted octanol–water partition coefficient (Wildman–Crippen LogP) is -0.591. The molecular weight excluding hydrogens is 118 g/mol. The van der Waals surface area contributed by atoms with Gasteiger partial charge in [0.1, 0.15) is 6.54 Å². The van der Waals surface area contributed by atoms with Crippen LogP contribution in [0.4, 0.5) is 0 Å². The number of rotatable bonds is 3. The first-order valence-electron chi connectivity index (χ1n) is 2.65. The van der Waals surface area contributed by atoms with Crippen molar-refractivity contribution in [3.8, 4) is 0 Å². The van der Waals surface area contributed by atoms with Crippen LogP contribution in [0, 0.1) is 0 Å². The Kier molecular flexibility index (Phi) is 3.43. The van der Waals surface area contributed by atoms with Crippen molar-refractivity contribution < 1.29 is 4.79 Å². The topological polar surface area (TPSA) is 58.7 Å². The first kappa shape index (κ1) is 7.94. The highest BCUT2D eigenvalue weighted by atomic mass is 16.1. The summed E-state index contributed by atoms with van der Waals surface area (Å²) in [5.74, 6) is -0.372. The molecule has 1 amide bonds. The maximum atomic E-state index is 10.2. The van der Waals surface area contributed by atoms with Gasteiger partial charge in [-0.05, 0) is 6.92 Å². The van der Waals surface area contributed by atoms with Crippen molar-refractivity contribution in [3.05, 3.63) is 0 Å². The first-order valence-corrected chi connectivity index (χ1v) is 2.65. The van der Waals surface area contributed by atoms with Crippen molar-refractivity contribution in [3.63, 3.8) is 0 Å². The molecule has 0 spiro atoms. The largest absolute Gasteiger partial charge is 0.368 e. The van der Waals surface area contributed by atoms with Crippen LogP contribution in [0.25, 0.3) is 0 Å². The van der Waals surface area contributed by atoms with Gasteiger partial charge in [0.2, 0.25) is 5.91 Å². The van der Waals surface area contributed by atoms with E-state index in [9.17, 15) is 4.79 Å². The maximum absolute atomic E-state index is 10.2. The lowest BCUT2D eigenvalue weighted by Gasteiger charge is -2.07. The monoisotopic (exact) mass is 129 g/mol. The molecule has 4 heteroatoms. The Morgan fingerprint density at radius 3 is 2.78 bits per heavy atom. The van der Waals surface area contributed by atoms with E-state index in [-0.39, 0.29) is 12.5 Å². The van der Waals surface area contributed by atoms with Gasteiger partial charge in [-0.3, -0.25) is 9.80 Å². The molecule has 0 aromatic carbocycles. The summed E-state index contributed by atoms with van der Waals surface area (Å²) in [7, 11) is 1.69. The number of carbonyl (C=O) groups is 1. The molecule has 0 fully saturated rings. The molecule has 0 aliphatic heterocycles. The Bertz CT molecular complexity index is 121. The van der Waals surface area contributed by atoms with Crippen LogP contribution in [-0.4, -0.2) is 30.7 Å². The van der Waals surface area contributed by atoms with Gasteiger partial charge in [0, 0.05) is 13.3 Å². The Morgan fingerprint density at radius 2 is 2.44 bits per heavy atom. The third-order valence-corrected chi connectivity index (χ3v) is 0.697. The second kappa shape index (κ2) is 3.88. The number of amides is 1. The van der Waals surface area contributed by atoms with Crippen LogP contribution in [0.1, 0.15) is 6.92 Å². The molecule has 0 aromatic rings. The van der Waals surface area contributed by atoms with E-state index in [4.69, 9.17) is 5.73 Å². The minimum atomic E-state index is -0.372. The van der Waals surface area contributed by atoms with Gasteiger partial charge >= 0.3 is 0 Å². The summed E-state index contributed by atoms with van der Waals surface area (Å²) in [4.78, 5) is 10.2. The molecule has 2 N–H and O–H groups in total. The lowest BCUT2D eigenvalue weighted by Crippen LogP contribution is -2.26. The number of likely N-dealkylation sites (N-methyl/N-ethyl adjacent to an activating group) is 1. The molecular formula is C5H11N3O. The number of nitrogens with two attached hydrogens (primary N) is 1. The van der Waals surface area contributed by atoms with Crippen LogP contribution in [0.3, 0.4) is 0 Å². The summed E-state index contributed by atoms with van der Waals surface area (Å²) in [6.45, 7) is 1.95. The Morgan fingerprint density at radius 1 is 1.89 bits per heavy atom. The third kappa shape index (κ3) is 4.80. The molecule has 9 heavy (non-hydrogen) atoms. The van der Waals surface area contributed by atoms with Crippen LogP contribution < -0.4 is 5.73 Å². The fourth-order valence-electron chi connectivity index (χ4n) is 0.463. The van der Waals surface area contributed by atoms with Gasteiger partial charge in [0.15, 0.2) is 0 Å². The molecule has 4 nitrogen and oxygen atoms in total. The Balaban J connectivity index is 3.50. The molecule has 0 heterocycles. The van der Waals surface area contributed by atoms with Gasteiger partial charge in [0.05, 0.1) is 0 Å². The van der Waals surface area contributed by atoms with Gasteiger partial charge in [-0.15, -0.1) is 0 Å². The molecule has 0 atom stereocenters.